The van der Waals surface area contributed by atoms with Crippen LogP contribution < -0.4 is 0 Å². The Morgan fingerprint density at radius 3 is 2.40 bits per heavy atom. The first-order valence-electron chi connectivity index (χ1n) is 4.67. The van der Waals surface area contributed by atoms with Gasteiger partial charge in [-0.15, -0.1) is 0 Å². The SMILES string of the molecule is COC(=O)[C@@H]1C[C@H](O)C[C@H](C(F)(F)F)C1. The maximum Gasteiger partial charge on any atom is 0.391 e. The van der Waals surface area contributed by atoms with Gasteiger partial charge in [-0.05, 0) is 19.3 Å². The molecule has 0 amide bonds. The zero-order valence-corrected chi connectivity index (χ0v) is 8.25. The van der Waals surface area contributed by atoms with Crippen molar-refractivity contribution < 1.29 is 27.8 Å². The van der Waals surface area contributed by atoms with Crippen LogP contribution in [0.25, 0.3) is 0 Å². The van der Waals surface area contributed by atoms with Gasteiger partial charge in [-0.2, -0.15) is 13.2 Å². The van der Waals surface area contributed by atoms with E-state index in [4.69, 9.17) is 0 Å². The van der Waals surface area contributed by atoms with Gasteiger partial charge in [-0.1, -0.05) is 0 Å². The van der Waals surface area contributed by atoms with E-state index in [9.17, 15) is 23.1 Å². The summed E-state index contributed by atoms with van der Waals surface area (Å²) < 4.78 is 41.6. The van der Waals surface area contributed by atoms with Crippen molar-refractivity contribution >= 4 is 5.97 Å². The molecule has 0 radical (unpaired) electrons. The number of carbonyl (C=O) groups excluding carboxylic acids is 1. The second-order valence-electron chi connectivity index (χ2n) is 3.82. The third-order valence-electron chi connectivity index (χ3n) is 2.68. The summed E-state index contributed by atoms with van der Waals surface area (Å²) in [5, 5.41) is 9.25. The topological polar surface area (TPSA) is 46.5 Å². The molecule has 0 heterocycles. The highest BCUT2D eigenvalue weighted by Gasteiger charge is 2.46. The third-order valence-corrected chi connectivity index (χ3v) is 2.68. The number of hydrogen-bond donors (Lipinski definition) is 1. The van der Waals surface area contributed by atoms with E-state index in [0.717, 1.165) is 7.11 Å². The summed E-state index contributed by atoms with van der Waals surface area (Å²) >= 11 is 0. The molecule has 0 aromatic heterocycles. The second kappa shape index (κ2) is 4.38. The minimum Gasteiger partial charge on any atom is -0.469 e. The van der Waals surface area contributed by atoms with Crippen LogP contribution in [0, 0.1) is 11.8 Å². The molecule has 0 aromatic carbocycles. The summed E-state index contributed by atoms with van der Waals surface area (Å²) in [6.07, 6.45) is -5.98. The molecular weight excluding hydrogens is 213 g/mol. The Morgan fingerprint density at radius 1 is 1.33 bits per heavy atom. The highest BCUT2D eigenvalue weighted by molar-refractivity contribution is 5.72. The number of aliphatic hydroxyl groups is 1. The molecule has 1 rings (SSSR count). The summed E-state index contributed by atoms with van der Waals surface area (Å²) in [4.78, 5) is 11.1. The van der Waals surface area contributed by atoms with Crippen molar-refractivity contribution in [2.45, 2.75) is 31.5 Å². The van der Waals surface area contributed by atoms with E-state index in [1.165, 1.54) is 0 Å². The molecule has 88 valence electrons. The number of ether oxygens (including phenoxy) is 1. The highest BCUT2D eigenvalue weighted by atomic mass is 19.4. The predicted molar refractivity (Wildman–Crippen MR) is 44.9 cm³/mol. The van der Waals surface area contributed by atoms with Crippen molar-refractivity contribution in [2.24, 2.45) is 11.8 Å². The summed E-state index contributed by atoms with van der Waals surface area (Å²) in [5.74, 6) is -3.13. The number of halogens is 3. The Bertz CT molecular complexity index is 239. The highest BCUT2D eigenvalue weighted by Crippen LogP contribution is 2.40. The van der Waals surface area contributed by atoms with Crippen LogP contribution in [0.1, 0.15) is 19.3 Å². The Morgan fingerprint density at radius 2 is 1.93 bits per heavy atom. The Hall–Kier alpha value is -0.780. The fourth-order valence-electron chi connectivity index (χ4n) is 1.92. The Labute approximate surface area is 85.2 Å². The van der Waals surface area contributed by atoms with E-state index >= 15 is 0 Å². The van der Waals surface area contributed by atoms with Crippen molar-refractivity contribution in [1.29, 1.82) is 0 Å². The summed E-state index contributed by atoms with van der Waals surface area (Å²) in [6, 6.07) is 0. The average Bonchev–Trinajstić information content (AvgIpc) is 2.14. The van der Waals surface area contributed by atoms with E-state index in [2.05, 4.69) is 4.74 Å². The fraction of sp³-hybridized carbons (Fsp3) is 0.889. The summed E-state index contributed by atoms with van der Waals surface area (Å²) in [5.41, 5.74) is 0. The molecule has 15 heavy (non-hydrogen) atoms. The first-order chi connectivity index (χ1) is 6.84. The number of rotatable bonds is 1. The van der Waals surface area contributed by atoms with Gasteiger partial charge in [-0.25, -0.2) is 0 Å². The molecule has 1 N–H and O–H groups in total. The van der Waals surface area contributed by atoms with Gasteiger partial charge in [0, 0.05) is 0 Å². The van der Waals surface area contributed by atoms with Gasteiger partial charge in [0.25, 0.3) is 0 Å². The standard InChI is InChI=1S/C9H13F3O3/c1-15-8(14)5-2-6(9(10,11)12)4-7(13)3-5/h5-7,13H,2-4H2,1H3/t5-,6+,7-/m0/s1. The van der Waals surface area contributed by atoms with Gasteiger partial charge in [0.2, 0.25) is 0 Å². The molecule has 0 saturated heterocycles. The molecule has 1 fully saturated rings. The van der Waals surface area contributed by atoms with Gasteiger partial charge < -0.3 is 9.84 Å². The van der Waals surface area contributed by atoms with E-state index in [1.807, 2.05) is 0 Å². The van der Waals surface area contributed by atoms with Crippen molar-refractivity contribution in [2.75, 3.05) is 7.11 Å². The molecule has 1 saturated carbocycles. The van der Waals surface area contributed by atoms with E-state index in [-0.39, 0.29) is 19.3 Å². The average molecular weight is 226 g/mol. The van der Waals surface area contributed by atoms with E-state index < -0.39 is 30.1 Å². The monoisotopic (exact) mass is 226 g/mol. The fourth-order valence-corrected chi connectivity index (χ4v) is 1.92. The van der Waals surface area contributed by atoms with Crippen LogP contribution in [0.15, 0.2) is 0 Å². The van der Waals surface area contributed by atoms with Crippen molar-refractivity contribution in [3.8, 4) is 0 Å². The first kappa shape index (κ1) is 12.3. The maximum atomic E-state index is 12.4. The largest absolute Gasteiger partial charge is 0.469 e. The van der Waals surface area contributed by atoms with Gasteiger partial charge >= 0.3 is 12.1 Å². The first-order valence-corrected chi connectivity index (χ1v) is 4.67. The van der Waals surface area contributed by atoms with Crippen LogP contribution >= 0.6 is 0 Å². The lowest BCUT2D eigenvalue weighted by molar-refractivity contribution is -0.197. The van der Waals surface area contributed by atoms with Crippen LogP contribution in [0.4, 0.5) is 13.2 Å². The van der Waals surface area contributed by atoms with Crippen LogP contribution in [-0.2, 0) is 9.53 Å². The van der Waals surface area contributed by atoms with Crippen LogP contribution in [0.5, 0.6) is 0 Å². The number of carbonyl (C=O) groups is 1. The molecule has 3 nitrogen and oxygen atoms in total. The van der Waals surface area contributed by atoms with Crippen molar-refractivity contribution in [3.63, 3.8) is 0 Å². The molecule has 3 atom stereocenters. The number of esters is 1. The lowest BCUT2D eigenvalue weighted by Crippen LogP contribution is -2.38. The van der Waals surface area contributed by atoms with Gasteiger partial charge in [0.05, 0.1) is 25.0 Å². The number of alkyl halides is 3. The van der Waals surface area contributed by atoms with Crippen LogP contribution in [0.3, 0.4) is 0 Å². The minimum atomic E-state index is -4.35. The minimum absolute atomic E-state index is 0.0548. The molecular formula is C9H13F3O3. The summed E-state index contributed by atoms with van der Waals surface area (Å²) in [7, 11) is 1.13. The molecule has 1 aliphatic carbocycles. The quantitative estimate of drug-likeness (QED) is 0.689. The number of aliphatic hydroxyl groups excluding tert-OH is 1. The number of hydrogen-bond acceptors (Lipinski definition) is 3. The van der Waals surface area contributed by atoms with Gasteiger partial charge in [0.1, 0.15) is 0 Å². The molecule has 1 aliphatic rings. The lowest BCUT2D eigenvalue weighted by Gasteiger charge is -2.32. The maximum absolute atomic E-state index is 12.4. The molecule has 0 unspecified atom stereocenters. The Balaban J connectivity index is 2.68. The zero-order chi connectivity index (χ0) is 11.6. The zero-order valence-electron chi connectivity index (χ0n) is 8.25. The smallest absolute Gasteiger partial charge is 0.391 e. The van der Waals surface area contributed by atoms with Crippen LogP contribution in [0.2, 0.25) is 0 Å². The van der Waals surface area contributed by atoms with Gasteiger partial charge in [-0.3, -0.25) is 4.79 Å². The molecule has 0 aliphatic heterocycles. The second-order valence-corrected chi connectivity index (χ2v) is 3.82. The van der Waals surface area contributed by atoms with Crippen LogP contribution in [-0.4, -0.2) is 30.5 Å². The van der Waals surface area contributed by atoms with Gasteiger partial charge in [0.15, 0.2) is 0 Å². The molecule has 0 bridgehead atoms. The lowest BCUT2D eigenvalue weighted by atomic mass is 9.79. The predicted octanol–water partition coefficient (Wildman–Crippen LogP) is 1.50. The molecule has 0 aromatic rings. The van der Waals surface area contributed by atoms with Crippen molar-refractivity contribution in [3.05, 3.63) is 0 Å². The van der Waals surface area contributed by atoms with E-state index in [0.29, 0.717) is 0 Å². The summed E-state index contributed by atoms with van der Waals surface area (Å²) in [6.45, 7) is 0. The number of methoxy groups -OCH3 is 1. The normalized spacial score (nSPS) is 32.5. The third kappa shape index (κ3) is 3.09. The van der Waals surface area contributed by atoms with E-state index in [1.54, 1.807) is 0 Å². The molecule has 0 spiro atoms. The Kier molecular flexibility index (Phi) is 3.59. The molecule has 6 heteroatoms. The van der Waals surface area contributed by atoms with Crippen molar-refractivity contribution in [1.82, 2.24) is 0 Å².